The molecule has 1 fully saturated rings. The number of allylic oxidation sites excluding steroid dienone is 2. The average molecular weight is 484 g/mol. The minimum absolute atomic E-state index is 0.0193. The zero-order valence-corrected chi connectivity index (χ0v) is 21.1. The van der Waals surface area contributed by atoms with Crippen molar-refractivity contribution < 1.29 is 19.5 Å². The molecule has 3 unspecified atom stereocenters. The third-order valence-corrected chi connectivity index (χ3v) is 7.21. The van der Waals surface area contributed by atoms with Crippen LogP contribution in [-0.4, -0.2) is 48.1 Å². The molecule has 1 aromatic carbocycles. The summed E-state index contributed by atoms with van der Waals surface area (Å²) in [5.74, 6) is -0.471. The Labute approximate surface area is 209 Å². The molecule has 0 radical (unpaired) electrons. The van der Waals surface area contributed by atoms with Crippen LogP contribution >= 0.6 is 0 Å². The second kappa shape index (κ2) is 12.9. The Morgan fingerprint density at radius 1 is 1.06 bits per heavy atom. The summed E-state index contributed by atoms with van der Waals surface area (Å²) in [5, 5.41) is 19.0. The van der Waals surface area contributed by atoms with E-state index in [4.69, 9.17) is 0 Å². The smallest absolute Gasteiger partial charge is 0.242 e. The molecule has 0 bridgehead atoms. The van der Waals surface area contributed by atoms with Gasteiger partial charge in [-0.3, -0.25) is 14.4 Å². The van der Waals surface area contributed by atoms with Crippen LogP contribution in [0.15, 0.2) is 42.5 Å². The summed E-state index contributed by atoms with van der Waals surface area (Å²) >= 11 is 0. The predicted octanol–water partition coefficient (Wildman–Crippen LogP) is 2.88. The standard InChI is InChI=1S/C28H41N3O4/c1-20(2)16-24-26(34)30-23(19-32)18-28(14-15-29-27(28)35)13-9-4-3-8-12-22(25(33)31-24)17-21-10-6-5-7-11-21/h4-7,9-11,20,22-24,32H,3,8,12-19H2,1-2H3,(H,29,35)(H,30,34)(H,31,33)/t22?,23?,24-,28?/m0/s1. The topological polar surface area (TPSA) is 108 Å². The Kier molecular flexibility index (Phi) is 9.90. The van der Waals surface area contributed by atoms with Crippen LogP contribution in [0.1, 0.15) is 64.4 Å². The molecule has 1 saturated heterocycles. The van der Waals surface area contributed by atoms with Crippen molar-refractivity contribution in [1.82, 2.24) is 16.0 Å². The molecule has 1 spiro atoms. The second-order valence-electron chi connectivity index (χ2n) is 10.6. The first-order valence-electron chi connectivity index (χ1n) is 13.0. The summed E-state index contributed by atoms with van der Waals surface area (Å²) in [6.07, 6.45) is 9.27. The molecular weight excluding hydrogens is 442 g/mol. The van der Waals surface area contributed by atoms with Gasteiger partial charge in [0.05, 0.1) is 18.1 Å². The lowest BCUT2D eigenvalue weighted by Crippen LogP contribution is -2.53. The highest BCUT2D eigenvalue weighted by molar-refractivity contribution is 5.89. The fraction of sp³-hybridized carbons (Fsp3) is 0.607. The predicted molar refractivity (Wildman–Crippen MR) is 136 cm³/mol. The Hall–Kier alpha value is -2.67. The Morgan fingerprint density at radius 2 is 1.83 bits per heavy atom. The van der Waals surface area contributed by atoms with Crippen molar-refractivity contribution in [3.63, 3.8) is 0 Å². The van der Waals surface area contributed by atoms with E-state index in [9.17, 15) is 19.5 Å². The van der Waals surface area contributed by atoms with Crippen LogP contribution in [0.2, 0.25) is 0 Å². The van der Waals surface area contributed by atoms with Crippen LogP contribution < -0.4 is 16.0 Å². The lowest BCUT2D eigenvalue weighted by atomic mass is 9.77. The Bertz CT molecular complexity index is 885. The number of amides is 3. The molecule has 2 heterocycles. The van der Waals surface area contributed by atoms with Crippen LogP contribution in [0, 0.1) is 17.3 Å². The monoisotopic (exact) mass is 483 g/mol. The van der Waals surface area contributed by atoms with Gasteiger partial charge in [-0.15, -0.1) is 0 Å². The van der Waals surface area contributed by atoms with Gasteiger partial charge in [0, 0.05) is 12.5 Å². The van der Waals surface area contributed by atoms with E-state index in [1.54, 1.807) is 0 Å². The minimum atomic E-state index is -0.688. The maximum atomic E-state index is 13.4. The number of aliphatic hydroxyl groups is 1. The normalized spacial score (nSPS) is 28.8. The maximum absolute atomic E-state index is 13.4. The van der Waals surface area contributed by atoms with Gasteiger partial charge in [-0.1, -0.05) is 56.3 Å². The summed E-state index contributed by atoms with van der Waals surface area (Å²) in [5.41, 5.74) is 0.463. The Morgan fingerprint density at radius 3 is 2.49 bits per heavy atom. The van der Waals surface area contributed by atoms with E-state index < -0.39 is 17.5 Å². The molecule has 0 aromatic heterocycles. The van der Waals surface area contributed by atoms with Gasteiger partial charge < -0.3 is 21.1 Å². The van der Waals surface area contributed by atoms with Crippen molar-refractivity contribution in [3.05, 3.63) is 48.0 Å². The van der Waals surface area contributed by atoms with Gasteiger partial charge in [-0.05, 0) is 62.8 Å². The number of hydrogen-bond donors (Lipinski definition) is 4. The molecule has 3 amide bonds. The van der Waals surface area contributed by atoms with E-state index in [2.05, 4.69) is 28.1 Å². The van der Waals surface area contributed by atoms with Crippen molar-refractivity contribution in [2.45, 2.75) is 77.3 Å². The molecule has 35 heavy (non-hydrogen) atoms. The van der Waals surface area contributed by atoms with Crippen LogP contribution in [-0.2, 0) is 20.8 Å². The lowest BCUT2D eigenvalue weighted by Gasteiger charge is -2.31. The van der Waals surface area contributed by atoms with Gasteiger partial charge in [-0.25, -0.2) is 0 Å². The third-order valence-electron chi connectivity index (χ3n) is 7.21. The molecule has 4 atom stereocenters. The summed E-state index contributed by atoms with van der Waals surface area (Å²) in [7, 11) is 0. The minimum Gasteiger partial charge on any atom is -0.394 e. The molecule has 192 valence electrons. The number of carbonyl (C=O) groups excluding carboxylic acids is 3. The fourth-order valence-corrected chi connectivity index (χ4v) is 5.25. The molecule has 3 rings (SSSR count). The van der Waals surface area contributed by atoms with E-state index in [1.165, 1.54) is 0 Å². The first-order chi connectivity index (χ1) is 16.8. The molecular formula is C28H41N3O4. The molecule has 7 heteroatoms. The van der Waals surface area contributed by atoms with Crippen LogP contribution in [0.25, 0.3) is 0 Å². The van der Waals surface area contributed by atoms with Gasteiger partial charge >= 0.3 is 0 Å². The van der Waals surface area contributed by atoms with Crippen LogP contribution in [0.4, 0.5) is 0 Å². The molecule has 2 aliphatic heterocycles. The molecule has 7 nitrogen and oxygen atoms in total. The first-order valence-corrected chi connectivity index (χ1v) is 13.0. The Balaban J connectivity index is 1.85. The zero-order chi connectivity index (χ0) is 25.3. The zero-order valence-electron chi connectivity index (χ0n) is 21.1. The van der Waals surface area contributed by atoms with E-state index in [0.717, 1.165) is 18.4 Å². The van der Waals surface area contributed by atoms with Crippen LogP contribution in [0.3, 0.4) is 0 Å². The summed E-state index contributed by atoms with van der Waals surface area (Å²) < 4.78 is 0. The number of aliphatic hydroxyl groups excluding tert-OH is 1. The summed E-state index contributed by atoms with van der Waals surface area (Å²) in [6.45, 7) is 4.38. The van der Waals surface area contributed by atoms with Crippen molar-refractivity contribution in [1.29, 1.82) is 0 Å². The highest BCUT2D eigenvalue weighted by atomic mass is 16.3. The second-order valence-corrected chi connectivity index (χ2v) is 10.6. The van der Waals surface area contributed by atoms with Gasteiger partial charge in [0.15, 0.2) is 0 Å². The average Bonchev–Trinajstić information content (AvgIpc) is 3.18. The third kappa shape index (κ3) is 7.66. The largest absolute Gasteiger partial charge is 0.394 e. The van der Waals surface area contributed by atoms with Crippen LogP contribution in [0.5, 0.6) is 0 Å². The van der Waals surface area contributed by atoms with Crippen molar-refractivity contribution in [2.24, 2.45) is 17.3 Å². The fourth-order valence-electron chi connectivity index (χ4n) is 5.25. The number of nitrogens with one attached hydrogen (secondary N) is 3. The quantitative estimate of drug-likeness (QED) is 0.483. The van der Waals surface area contributed by atoms with Gasteiger partial charge in [0.2, 0.25) is 17.7 Å². The molecule has 1 aromatic rings. The molecule has 4 N–H and O–H groups in total. The number of hydrogen-bond acceptors (Lipinski definition) is 4. The van der Waals surface area contributed by atoms with Crippen molar-refractivity contribution in [3.8, 4) is 0 Å². The van der Waals surface area contributed by atoms with Gasteiger partial charge in [0.1, 0.15) is 6.04 Å². The molecule has 0 saturated carbocycles. The van der Waals surface area contributed by atoms with E-state index >= 15 is 0 Å². The summed E-state index contributed by atoms with van der Waals surface area (Å²) in [4.78, 5) is 39.4. The van der Waals surface area contributed by atoms with Crippen molar-refractivity contribution in [2.75, 3.05) is 13.2 Å². The van der Waals surface area contributed by atoms with Gasteiger partial charge in [-0.2, -0.15) is 0 Å². The van der Waals surface area contributed by atoms with Gasteiger partial charge in [0.25, 0.3) is 0 Å². The number of carbonyl (C=O) groups is 3. The summed E-state index contributed by atoms with van der Waals surface area (Å²) in [6, 6.07) is 8.71. The number of rotatable bonds is 5. The van der Waals surface area contributed by atoms with E-state index in [0.29, 0.717) is 45.1 Å². The lowest BCUT2D eigenvalue weighted by molar-refractivity contribution is -0.132. The van der Waals surface area contributed by atoms with E-state index in [-0.39, 0.29) is 36.2 Å². The number of benzene rings is 1. The first kappa shape index (κ1) is 26.9. The van der Waals surface area contributed by atoms with Crippen molar-refractivity contribution >= 4 is 17.7 Å². The maximum Gasteiger partial charge on any atom is 0.242 e. The highest BCUT2D eigenvalue weighted by Crippen LogP contribution is 2.36. The molecule has 0 aliphatic carbocycles. The highest BCUT2D eigenvalue weighted by Gasteiger charge is 2.43. The SMILES string of the molecule is CC(C)C[C@@H]1NC(=O)C(Cc2ccccc2)CCCC=CCC2(CCNC2=O)CC(CO)NC1=O. The molecule has 2 aliphatic rings. The van der Waals surface area contributed by atoms with E-state index in [1.807, 2.05) is 44.2 Å².